The number of hydrogen-bond acceptors (Lipinski definition) is 2. The molecule has 0 saturated heterocycles. The van der Waals surface area contributed by atoms with Gasteiger partial charge in [0.1, 0.15) is 5.82 Å². The van der Waals surface area contributed by atoms with Crippen molar-refractivity contribution in [2.24, 2.45) is 0 Å². The van der Waals surface area contributed by atoms with Crippen molar-refractivity contribution < 1.29 is 4.39 Å². The Morgan fingerprint density at radius 2 is 1.90 bits per heavy atom. The van der Waals surface area contributed by atoms with Crippen LogP contribution in [0.2, 0.25) is 0 Å². The zero-order valence-electron chi connectivity index (χ0n) is 12.4. The molecule has 2 aromatic rings. The molecule has 0 aliphatic heterocycles. The molecule has 0 aliphatic rings. The van der Waals surface area contributed by atoms with Crippen LogP contribution in [0.1, 0.15) is 26.3 Å². The van der Waals surface area contributed by atoms with Crippen LogP contribution in [0.5, 0.6) is 0 Å². The Balaban J connectivity index is 2.22. The van der Waals surface area contributed by atoms with Gasteiger partial charge in [-0.3, -0.25) is 0 Å². The van der Waals surface area contributed by atoms with Crippen molar-refractivity contribution in [1.29, 1.82) is 0 Å². The van der Waals surface area contributed by atoms with Crippen molar-refractivity contribution in [1.82, 2.24) is 5.32 Å². The van der Waals surface area contributed by atoms with Crippen LogP contribution in [0, 0.1) is 5.82 Å². The maximum Gasteiger partial charge on any atom is 0.123 e. The molecule has 1 N–H and O–H groups in total. The number of rotatable bonds is 4. The summed E-state index contributed by atoms with van der Waals surface area (Å²) < 4.78 is 14.6. The van der Waals surface area contributed by atoms with E-state index in [-0.39, 0.29) is 11.4 Å². The van der Waals surface area contributed by atoms with Crippen molar-refractivity contribution >= 4 is 27.7 Å². The van der Waals surface area contributed by atoms with E-state index < -0.39 is 0 Å². The Morgan fingerprint density at radius 3 is 2.57 bits per heavy atom. The maximum atomic E-state index is 13.5. The van der Waals surface area contributed by atoms with Gasteiger partial charge in [-0.05, 0) is 62.7 Å². The van der Waals surface area contributed by atoms with Crippen molar-refractivity contribution in [3.63, 3.8) is 0 Å². The molecule has 2 aromatic carbocycles. The van der Waals surface area contributed by atoms with Crippen molar-refractivity contribution in [3.8, 4) is 0 Å². The zero-order valence-corrected chi connectivity index (χ0v) is 14.8. The Labute approximate surface area is 138 Å². The highest BCUT2D eigenvalue weighted by Gasteiger charge is 2.12. The van der Waals surface area contributed by atoms with Gasteiger partial charge in [-0.25, -0.2) is 4.39 Å². The van der Waals surface area contributed by atoms with Gasteiger partial charge >= 0.3 is 0 Å². The van der Waals surface area contributed by atoms with Crippen LogP contribution in [-0.4, -0.2) is 5.54 Å². The summed E-state index contributed by atoms with van der Waals surface area (Å²) in [7, 11) is 0. The summed E-state index contributed by atoms with van der Waals surface area (Å²) in [6.07, 6.45) is 0. The predicted octanol–water partition coefficient (Wildman–Crippen LogP) is 5.63. The fourth-order valence-corrected chi connectivity index (χ4v) is 3.34. The first-order valence-electron chi connectivity index (χ1n) is 6.80. The summed E-state index contributed by atoms with van der Waals surface area (Å²) in [4.78, 5) is 2.21. The molecule has 0 radical (unpaired) electrons. The van der Waals surface area contributed by atoms with Crippen molar-refractivity contribution in [3.05, 3.63) is 58.3 Å². The van der Waals surface area contributed by atoms with Crippen molar-refractivity contribution in [2.45, 2.75) is 42.6 Å². The Hall–Kier alpha value is -0.840. The van der Waals surface area contributed by atoms with E-state index in [1.165, 1.54) is 6.07 Å². The van der Waals surface area contributed by atoms with E-state index in [4.69, 9.17) is 0 Å². The quantitative estimate of drug-likeness (QED) is 0.751. The number of hydrogen-bond donors (Lipinski definition) is 1. The van der Waals surface area contributed by atoms with Gasteiger partial charge in [0.2, 0.25) is 0 Å². The van der Waals surface area contributed by atoms with Gasteiger partial charge in [-0.1, -0.05) is 33.8 Å². The lowest BCUT2D eigenvalue weighted by molar-refractivity contribution is 0.422. The summed E-state index contributed by atoms with van der Waals surface area (Å²) in [5.74, 6) is -0.195. The molecular weight excluding hydrogens is 349 g/mol. The normalized spacial score (nSPS) is 11.7. The highest BCUT2D eigenvalue weighted by molar-refractivity contribution is 9.10. The van der Waals surface area contributed by atoms with Gasteiger partial charge in [0, 0.05) is 26.3 Å². The summed E-state index contributed by atoms with van der Waals surface area (Å²) in [5.41, 5.74) is 0.985. The second-order valence-corrected chi connectivity index (χ2v) is 7.95. The molecule has 1 nitrogen and oxygen atoms in total. The molecule has 21 heavy (non-hydrogen) atoms. The lowest BCUT2D eigenvalue weighted by Crippen LogP contribution is -2.35. The summed E-state index contributed by atoms with van der Waals surface area (Å²) >= 11 is 5.13. The van der Waals surface area contributed by atoms with Gasteiger partial charge in [0.15, 0.2) is 0 Å². The van der Waals surface area contributed by atoms with Crippen LogP contribution in [0.15, 0.2) is 56.7 Å². The first kappa shape index (κ1) is 16.5. The molecule has 2 rings (SSSR count). The van der Waals surface area contributed by atoms with Gasteiger partial charge in [-0.15, -0.1) is 0 Å². The van der Waals surface area contributed by atoms with Crippen LogP contribution < -0.4 is 5.32 Å². The molecular formula is C17H19BrFNS. The third-order valence-electron chi connectivity index (χ3n) is 2.86. The molecule has 0 heterocycles. The Morgan fingerprint density at radius 1 is 1.14 bits per heavy atom. The monoisotopic (exact) mass is 367 g/mol. The van der Waals surface area contributed by atoms with Crippen LogP contribution in [0.4, 0.5) is 4.39 Å². The summed E-state index contributed by atoms with van der Waals surface area (Å²) in [5, 5.41) is 3.41. The van der Waals surface area contributed by atoms with E-state index in [2.05, 4.69) is 54.2 Å². The minimum atomic E-state index is -0.195. The Kier molecular flexibility index (Phi) is 5.47. The average Bonchev–Trinajstić information content (AvgIpc) is 2.38. The summed E-state index contributed by atoms with van der Waals surface area (Å²) in [6, 6.07) is 13.1. The Bertz CT molecular complexity index is 622. The number of benzene rings is 2. The molecule has 0 amide bonds. The highest BCUT2D eigenvalue weighted by Crippen LogP contribution is 2.32. The largest absolute Gasteiger partial charge is 0.308 e. The minimum absolute atomic E-state index is 0.00400. The second-order valence-electron chi connectivity index (χ2n) is 5.92. The molecule has 0 atom stereocenters. The molecule has 0 fully saturated rings. The fourth-order valence-electron chi connectivity index (χ4n) is 1.80. The maximum absolute atomic E-state index is 13.5. The van der Waals surface area contributed by atoms with Gasteiger partial charge in [-0.2, -0.15) is 0 Å². The van der Waals surface area contributed by atoms with Gasteiger partial charge < -0.3 is 5.32 Å². The number of nitrogens with one attached hydrogen (secondary N) is 1. The summed E-state index contributed by atoms with van der Waals surface area (Å²) in [6.45, 7) is 6.96. The van der Waals surface area contributed by atoms with Crippen LogP contribution in [0.3, 0.4) is 0 Å². The lowest BCUT2D eigenvalue weighted by Gasteiger charge is -2.21. The second kappa shape index (κ2) is 6.95. The average molecular weight is 368 g/mol. The zero-order chi connectivity index (χ0) is 15.5. The van der Waals surface area contributed by atoms with E-state index in [1.807, 2.05) is 18.2 Å². The van der Waals surface area contributed by atoms with Crippen LogP contribution in [-0.2, 0) is 6.54 Å². The minimum Gasteiger partial charge on any atom is -0.308 e. The van der Waals surface area contributed by atoms with E-state index in [0.29, 0.717) is 6.54 Å². The first-order chi connectivity index (χ1) is 9.83. The fraction of sp³-hybridized carbons (Fsp3) is 0.294. The topological polar surface area (TPSA) is 12.0 Å². The van der Waals surface area contributed by atoms with Gasteiger partial charge in [0.25, 0.3) is 0 Å². The molecule has 0 bridgehead atoms. The van der Waals surface area contributed by atoms with E-state index in [9.17, 15) is 4.39 Å². The molecule has 4 heteroatoms. The van der Waals surface area contributed by atoms with Crippen LogP contribution >= 0.6 is 27.7 Å². The molecule has 0 saturated carbocycles. The molecule has 0 spiro atoms. The van der Waals surface area contributed by atoms with E-state index in [0.717, 1.165) is 19.8 Å². The lowest BCUT2D eigenvalue weighted by atomic mass is 10.1. The number of halogens is 2. The van der Waals surface area contributed by atoms with E-state index in [1.54, 1.807) is 17.8 Å². The van der Waals surface area contributed by atoms with Crippen LogP contribution in [0.25, 0.3) is 0 Å². The van der Waals surface area contributed by atoms with Gasteiger partial charge in [0.05, 0.1) is 0 Å². The standard InChI is InChI=1S/C17H19BrFNS/c1-17(2,3)20-11-12-9-14(19)7-8-16(12)21-15-6-4-5-13(18)10-15/h4-10,20H,11H2,1-3H3. The van der Waals surface area contributed by atoms with E-state index >= 15 is 0 Å². The van der Waals surface area contributed by atoms with Crippen molar-refractivity contribution in [2.75, 3.05) is 0 Å². The molecule has 0 unspecified atom stereocenters. The predicted molar refractivity (Wildman–Crippen MR) is 91.3 cm³/mol. The first-order valence-corrected chi connectivity index (χ1v) is 8.41. The molecule has 0 aromatic heterocycles. The third kappa shape index (κ3) is 5.46. The smallest absolute Gasteiger partial charge is 0.123 e. The molecule has 0 aliphatic carbocycles. The SMILES string of the molecule is CC(C)(C)NCc1cc(F)ccc1Sc1cccc(Br)c1. The highest BCUT2D eigenvalue weighted by atomic mass is 79.9. The molecule has 112 valence electrons. The third-order valence-corrected chi connectivity index (χ3v) is 4.46.